The number of benzene rings is 1. The Morgan fingerprint density at radius 3 is 2.75 bits per heavy atom. The lowest BCUT2D eigenvalue weighted by Crippen LogP contribution is -2.44. The Morgan fingerprint density at radius 1 is 1.35 bits per heavy atom. The van der Waals surface area contributed by atoms with Gasteiger partial charge in [-0.1, -0.05) is 6.42 Å². The van der Waals surface area contributed by atoms with Crippen molar-refractivity contribution in [1.82, 2.24) is 9.62 Å². The summed E-state index contributed by atoms with van der Waals surface area (Å²) in [7, 11) is -2.63. The minimum absolute atomic E-state index is 0.0557. The molecule has 2 rings (SSSR count). The van der Waals surface area contributed by atoms with Gasteiger partial charge in [0.15, 0.2) is 0 Å². The highest BCUT2D eigenvalue weighted by Crippen LogP contribution is 2.20. The van der Waals surface area contributed by atoms with Gasteiger partial charge in [-0.2, -0.15) is 4.31 Å². The highest BCUT2D eigenvalue weighted by atomic mass is 32.2. The second-order valence-electron chi connectivity index (χ2n) is 5.01. The molecule has 0 radical (unpaired) electrons. The first kappa shape index (κ1) is 15.3. The summed E-state index contributed by atoms with van der Waals surface area (Å²) in [5.41, 5.74) is 0. The molecule has 1 atom stereocenters. The number of piperidine rings is 1. The normalized spacial score (nSPS) is 20.3. The molecule has 1 fully saturated rings. The molecule has 20 heavy (non-hydrogen) atoms. The molecule has 112 valence electrons. The number of halogens is 2. The van der Waals surface area contributed by atoms with Gasteiger partial charge in [0, 0.05) is 19.6 Å². The fourth-order valence-corrected chi connectivity index (χ4v) is 3.62. The van der Waals surface area contributed by atoms with E-state index in [0.717, 1.165) is 48.3 Å². The van der Waals surface area contributed by atoms with Crippen molar-refractivity contribution in [3.8, 4) is 0 Å². The smallest absolute Gasteiger partial charge is 0.245 e. The summed E-state index contributed by atoms with van der Waals surface area (Å²) >= 11 is 0. The van der Waals surface area contributed by atoms with Crippen LogP contribution in [0.4, 0.5) is 8.78 Å². The van der Waals surface area contributed by atoms with E-state index in [1.54, 1.807) is 0 Å². The van der Waals surface area contributed by atoms with Crippen LogP contribution in [0, 0.1) is 11.6 Å². The molecular weight excluding hydrogens is 286 g/mol. The molecular formula is C13H18F2N2O2S. The van der Waals surface area contributed by atoms with E-state index in [4.69, 9.17) is 0 Å². The third kappa shape index (κ3) is 3.34. The van der Waals surface area contributed by atoms with Gasteiger partial charge in [-0.15, -0.1) is 0 Å². The van der Waals surface area contributed by atoms with Gasteiger partial charge in [-0.05, 0) is 37.6 Å². The van der Waals surface area contributed by atoms with Crippen LogP contribution in [0.3, 0.4) is 0 Å². The lowest BCUT2D eigenvalue weighted by Gasteiger charge is -2.27. The zero-order chi connectivity index (χ0) is 14.8. The molecule has 1 aliphatic rings. The number of likely N-dealkylation sites (N-methyl/N-ethyl adjacent to an activating group) is 1. The summed E-state index contributed by atoms with van der Waals surface area (Å²) in [6.45, 7) is 1.10. The maximum atomic E-state index is 13.6. The van der Waals surface area contributed by atoms with E-state index in [-0.39, 0.29) is 12.6 Å². The van der Waals surface area contributed by atoms with Crippen LogP contribution in [0.15, 0.2) is 23.1 Å². The van der Waals surface area contributed by atoms with E-state index >= 15 is 0 Å². The van der Waals surface area contributed by atoms with Crippen LogP contribution in [-0.2, 0) is 10.0 Å². The van der Waals surface area contributed by atoms with Gasteiger partial charge in [0.05, 0.1) is 0 Å². The van der Waals surface area contributed by atoms with Crippen molar-refractivity contribution < 1.29 is 17.2 Å². The van der Waals surface area contributed by atoms with Crippen LogP contribution in [0.2, 0.25) is 0 Å². The highest BCUT2D eigenvalue weighted by molar-refractivity contribution is 7.89. The Labute approximate surface area is 117 Å². The molecule has 0 spiro atoms. The first-order valence-electron chi connectivity index (χ1n) is 6.56. The van der Waals surface area contributed by atoms with Crippen molar-refractivity contribution in [1.29, 1.82) is 0 Å². The number of rotatable bonds is 4. The van der Waals surface area contributed by atoms with Crippen molar-refractivity contribution in [2.24, 2.45) is 0 Å². The van der Waals surface area contributed by atoms with Crippen LogP contribution in [0.1, 0.15) is 19.3 Å². The molecule has 0 amide bonds. The number of hydrogen-bond donors (Lipinski definition) is 1. The average molecular weight is 304 g/mol. The van der Waals surface area contributed by atoms with Gasteiger partial charge in [0.25, 0.3) is 0 Å². The minimum Gasteiger partial charge on any atom is -0.313 e. The standard InChI is InChI=1S/C13H18F2N2O2S/c1-17(9-11-4-2-3-7-16-11)20(18,19)13-8-10(14)5-6-12(13)15/h5-6,8,11,16H,2-4,7,9H2,1H3. The van der Waals surface area contributed by atoms with Crippen LogP contribution in [-0.4, -0.2) is 38.9 Å². The van der Waals surface area contributed by atoms with Crippen molar-refractivity contribution in [2.45, 2.75) is 30.2 Å². The molecule has 0 aromatic heterocycles. The fraction of sp³-hybridized carbons (Fsp3) is 0.538. The topological polar surface area (TPSA) is 49.4 Å². The molecule has 1 saturated heterocycles. The molecule has 0 saturated carbocycles. The average Bonchev–Trinajstić information content (AvgIpc) is 2.42. The maximum Gasteiger partial charge on any atom is 0.245 e. The van der Waals surface area contributed by atoms with Crippen LogP contribution >= 0.6 is 0 Å². The second-order valence-corrected chi connectivity index (χ2v) is 7.02. The van der Waals surface area contributed by atoms with Gasteiger partial charge < -0.3 is 5.32 Å². The van der Waals surface area contributed by atoms with E-state index in [2.05, 4.69) is 5.32 Å². The van der Waals surface area contributed by atoms with Crippen molar-refractivity contribution >= 4 is 10.0 Å². The van der Waals surface area contributed by atoms with E-state index in [1.807, 2.05) is 0 Å². The Bertz CT molecular complexity index is 572. The van der Waals surface area contributed by atoms with Crippen LogP contribution in [0.25, 0.3) is 0 Å². The summed E-state index contributed by atoms with van der Waals surface area (Å²) in [6, 6.07) is 2.50. The van der Waals surface area contributed by atoms with Crippen LogP contribution < -0.4 is 5.32 Å². The third-order valence-electron chi connectivity index (χ3n) is 3.47. The summed E-state index contributed by atoms with van der Waals surface area (Å²) in [6.07, 6.45) is 3.00. The van der Waals surface area contributed by atoms with Gasteiger partial charge in [0.1, 0.15) is 16.5 Å². The number of sulfonamides is 1. The predicted octanol–water partition coefficient (Wildman–Crippen LogP) is 1.73. The third-order valence-corrected chi connectivity index (χ3v) is 5.31. The van der Waals surface area contributed by atoms with E-state index < -0.39 is 26.6 Å². The fourth-order valence-electron chi connectivity index (χ4n) is 2.33. The minimum atomic E-state index is -4.01. The summed E-state index contributed by atoms with van der Waals surface area (Å²) in [4.78, 5) is -0.615. The van der Waals surface area contributed by atoms with Crippen molar-refractivity contribution in [3.05, 3.63) is 29.8 Å². The molecule has 1 aliphatic heterocycles. The molecule has 1 heterocycles. The molecule has 1 N–H and O–H groups in total. The van der Waals surface area contributed by atoms with Crippen molar-refractivity contribution in [2.75, 3.05) is 20.1 Å². The van der Waals surface area contributed by atoms with E-state index in [1.165, 1.54) is 7.05 Å². The predicted molar refractivity (Wildman–Crippen MR) is 71.8 cm³/mol. The first-order chi connectivity index (χ1) is 9.41. The molecule has 1 aromatic carbocycles. The second kappa shape index (κ2) is 6.15. The number of nitrogens with one attached hydrogen (secondary N) is 1. The largest absolute Gasteiger partial charge is 0.313 e. The SMILES string of the molecule is CN(CC1CCCCN1)S(=O)(=O)c1cc(F)ccc1F. The Hall–Kier alpha value is -1.05. The quantitative estimate of drug-likeness (QED) is 0.921. The highest BCUT2D eigenvalue weighted by Gasteiger charge is 2.27. The monoisotopic (exact) mass is 304 g/mol. The van der Waals surface area contributed by atoms with Gasteiger partial charge in [0.2, 0.25) is 10.0 Å². The zero-order valence-corrected chi connectivity index (χ0v) is 12.1. The Balaban J connectivity index is 2.18. The van der Waals surface area contributed by atoms with Gasteiger partial charge in [-0.3, -0.25) is 0 Å². The van der Waals surface area contributed by atoms with Gasteiger partial charge in [-0.25, -0.2) is 17.2 Å². The summed E-state index contributed by atoms with van der Waals surface area (Å²) in [5.74, 6) is -1.70. The summed E-state index contributed by atoms with van der Waals surface area (Å²) in [5, 5.41) is 3.23. The van der Waals surface area contributed by atoms with E-state index in [9.17, 15) is 17.2 Å². The summed E-state index contributed by atoms with van der Waals surface area (Å²) < 4.78 is 52.4. The Kier molecular flexibility index (Phi) is 4.72. The first-order valence-corrected chi connectivity index (χ1v) is 8.00. The zero-order valence-electron chi connectivity index (χ0n) is 11.3. The van der Waals surface area contributed by atoms with Gasteiger partial charge >= 0.3 is 0 Å². The molecule has 0 bridgehead atoms. The molecule has 0 aliphatic carbocycles. The maximum absolute atomic E-state index is 13.6. The number of hydrogen-bond acceptors (Lipinski definition) is 3. The lowest BCUT2D eigenvalue weighted by molar-refractivity contribution is 0.336. The molecule has 1 unspecified atom stereocenters. The molecule has 7 heteroatoms. The van der Waals surface area contributed by atoms with E-state index in [0.29, 0.717) is 0 Å². The Morgan fingerprint density at radius 2 is 2.10 bits per heavy atom. The number of nitrogens with zero attached hydrogens (tertiary/aromatic N) is 1. The lowest BCUT2D eigenvalue weighted by atomic mass is 10.1. The molecule has 4 nitrogen and oxygen atoms in total. The molecule has 1 aromatic rings. The van der Waals surface area contributed by atoms with Crippen LogP contribution in [0.5, 0.6) is 0 Å². The van der Waals surface area contributed by atoms with Crippen molar-refractivity contribution in [3.63, 3.8) is 0 Å².